The number of carbonyl (C=O) groups excluding carboxylic acids is 2. The third-order valence-electron chi connectivity index (χ3n) is 6.26. The zero-order chi connectivity index (χ0) is 28.6. The van der Waals surface area contributed by atoms with E-state index in [0.29, 0.717) is 31.3 Å². The Morgan fingerprint density at radius 1 is 1.07 bits per heavy atom. The van der Waals surface area contributed by atoms with Crippen LogP contribution in [0, 0.1) is 6.92 Å². The van der Waals surface area contributed by atoms with Crippen LogP contribution in [0.1, 0.15) is 28.3 Å². The number of aliphatic hydroxyl groups is 1. The number of halogens is 2. The third kappa shape index (κ3) is 5.40. The number of carbonyl (C=O) groups is 2. The normalized spacial score (nSPS) is 16.5. The van der Waals surface area contributed by atoms with Crippen LogP contribution in [0.3, 0.4) is 0 Å². The number of benzene rings is 3. The number of aromatic hydroxyl groups is 1. The Kier molecular flexibility index (Phi) is 8.04. The van der Waals surface area contributed by atoms with Crippen molar-refractivity contribution in [3.8, 4) is 11.5 Å². The summed E-state index contributed by atoms with van der Waals surface area (Å²) in [6, 6.07) is 15.6. The molecule has 4 aromatic rings. The number of anilines is 1. The van der Waals surface area contributed by atoms with E-state index < -0.39 is 17.7 Å². The van der Waals surface area contributed by atoms with Gasteiger partial charge in [0.25, 0.3) is 5.78 Å². The first-order chi connectivity index (χ1) is 19.2. The Balaban J connectivity index is 1.56. The molecule has 204 valence electrons. The van der Waals surface area contributed by atoms with Gasteiger partial charge in [0.1, 0.15) is 5.76 Å². The van der Waals surface area contributed by atoms with Crippen molar-refractivity contribution in [1.82, 2.24) is 10.2 Å². The molecule has 5 rings (SSSR count). The number of hydrogen-bond donors (Lipinski definition) is 2. The van der Waals surface area contributed by atoms with Gasteiger partial charge in [-0.15, -0.1) is 10.2 Å². The van der Waals surface area contributed by atoms with E-state index in [1.54, 1.807) is 42.5 Å². The smallest absolute Gasteiger partial charge is 0.301 e. The fourth-order valence-electron chi connectivity index (χ4n) is 4.21. The van der Waals surface area contributed by atoms with E-state index in [4.69, 9.17) is 27.9 Å². The van der Waals surface area contributed by atoms with E-state index in [2.05, 4.69) is 10.2 Å². The summed E-state index contributed by atoms with van der Waals surface area (Å²) in [5, 5.41) is 31.1. The second kappa shape index (κ2) is 11.5. The van der Waals surface area contributed by atoms with Crippen LogP contribution in [0.2, 0.25) is 10.0 Å². The topological polar surface area (TPSA) is 113 Å². The van der Waals surface area contributed by atoms with Crippen molar-refractivity contribution in [3.05, 3.63) is 98.5 Å². The van der Waals surface area contributed by atoms with Gasteiger partial charge in [-0.05, 0) is 42.3 Å². The molecule has 1 amide bonds. The van der Waals surface area contributed by atoms with Gasteiger partial charge < -0.3 is 14.9 Å². The van der Waals surface area contributed by atoms with Gasteiger partial charge in [0.05, 0.1) is 18.7 Å². The number of methoxy groups -OCH3 is 1. The quantitative estimate of drug-likeness (QED) is 0.0770. The van der Waals surface area contributed by atoms with Gasteiger partial charge in [-0.3, -0.25) is 14.5 Å². The molecular formula is C28H21Cl2N3O5S2. The van der Waals surface area contributed by atoms with Gasteiger partial charge in [0, 0.05) is 21.4 Å². The Morgan fingerprint density at radius 3 is 2.52 bits per heavy atom. The molecule has 0 saturated carbocycles. The predicted molar refractivity (Wildman–Crippen MR) is 157 cm³/mol. The highest BCUT2D eigenvalue weighted by Crippen LogP contribution is 2.45. The summed E-state index contributed by atoms with van der Waals surface area (Å²) in [4.78, 5) is 28.0. The monoisotopic (exact) mass is 613 g/mol. The summed E-state index contributed by atoms with van der Waals surface area (Å²) in [5.41, 5.74) is 2.52. The largest absolute Gasteiger partial charge is 0.507 e. The number of hydrogen-bond acceptors (Lipinski definition) is 9. The number of aromatic nitrogens is 2. The minimum atomic E-state index is -1.05. The van der Waals surface area contributed by atoms with Crippen molar-refractivity contribution in [1.29, 1.82) is 0 Å². The SMILES string of the molecule is COc1cc(C2/C(=C(/O)c3ccc(C)cc3)C(=O)C(=O)N2c2nnc(SCc3ccc(Cl)cc3Cl)s2)ccc1O. The summed E-state index contributed by atoms with van der Waals surface area (Å²) >= 11 is 14.8. The highest BCUT2D eigenvalue weighted by atomic mass is 35.5. The summed E-state index contributed by atoms with van der Waals surface area (Å²) in [6.07, 6.45) is 0. The van der Waals surface area contributed by atoms with Gasteiger partial charge in [0.2, 0.25) is 5.13 Å². The van der Waals surface area contributed by atoms with Crippen LogP contribution >= 0.6 is 46.3 Å². The number of phenolic OH excluding ortho intramolecular Hbond substituents is 1. The lowest BCUT2D eigenvalue weighted by Gasteiger charge is -2.23. The molecule has 0 aliphatic carbocycles. The number of aliphatic hydroxyl groups excluding tert-OH is 1. The lowest BCUT2D eigenvalue weighted by molar-refractivity contribution is -0.132. The molecule has 12 heteroatoms. The van der Waals surface area contributed by atoms with E-state index >= 15 is 0 Å². The molecule has 8 nitrogen and oxygen atoms in total. The van der Waals surface area contributed by atoms with Crippen molar-refractivity contribution in [3.63, 3.8) is 0 Å². The maximum atomic E-state index is 13.4. The molecule has 1 unspecified atom stereocenters. The third-order valence-corrected chi connectivity index (χ3v) is 8.95. The van der Waals surface area contributed by atoms with Crippen LogP contribution < -0.4 is 9.64 Å². The minimum absolute atomic E-state index is 0.112. The van der Waals surface area contributed by atoms with E-state index in [9.17, 15) is 19.8 Å². The Labute approximate surface area is 247 Å². The molecule has 1 aliphatic rings. The first-order valence-electron chi connectivity index (χ1n) is 11.8. The highest BCUT2D eigenvalue weighted by Gasteiger charge is 2.48. The lowest BCUT2D eigenvalue weighted by atomic mass is 9.95. The fraction of sp³-hybridized carbons (Fsp3) is 0.143. The Bertz CT molecular complexity index is 1660. The van der Waals surface area contributed by atoms with Crippen molar-refractivity contribution < 1.29 is 24.5 Å². The maximum absolute atomic E-state index is 13.4. The first-order valence-corrected chi connectivity index (χ1v) is 14.4. The number of Topliss-reactive ketones (excluding diaryl/α,β-unsaturated/α-hetero) is 1. The molecule has 1 saturated heterocycles. The zero-order valence-electron chi connectivity index (χ0n) is 21.1. The molecule has 0 radical (unpaired) electrons. The molecule has 2 N–H and O–H groups in total. The summed E-state index contributed by atoms with van der Waals surface area (Å²) in [5.74, 6) is -1.54. The summed E-state index contributed by atoms with van der Waals surface area (Å²) < 4.78 is 5.81. The van der Waals surface area contributed by atoms with Crippen LogP contribution in [0.5, 0.6) is 11.5 Å². The average Bonchev–Trinajstić information content (AvgIpc) is 3.50. The van der Waals surface area contributed by atoms with E-state index in [1.807, 2.05) is 13.0 Å². The zero-order valence-corrected chi connectivity index (χ0v) is 24.2. The first kappa shape index (κ1) is 28.0. The standard InChI is InChI=1S/C28H21Cl2N3O5S2/c1-14-3-5-15(6-4-14)24(35)22-23(16-8-10-20(34)21(11-16)38-2)33(26(37)25(22)36)27-31-32-28(40-27)39-13-17-7-9-18(29)12-19(17)30/h3-12,23,34-35H,13H2,1-2H3/b24-22-. The molecular weight excluding hydrogens is 593 g/mol. The lowest BCUT2D eigenvalue weighted by Crippen LogP contribution is -2.29. The van der Waals surface area contributed by atoms with Gasteiger partial charge in [-0.2, -0.15) is 0 Å². The summed E-state index contributed by atoms with van der Waals surface area (Å²) in [6.45, 7) is 1.90. The number of aryl methyl sites for hydroxylation is 1. The van der Waals surface area contributed by atoms with Gasteiger partial charge in [-0.25, -0.2) is 0 Å². The van der Waals surface area contributed by atoms with Crippen LogP contribution in [0.25, 0.3) is 5.76 Å². The maximum Gasteiger partial charge on any atom is 0.301 e. The predicted octanol–water partition coefficient (Wildman–Crippen LogP) is 6.79. The van der Waals surface area contributed by atoms with Crippen molar-refractivity contribution >= 4 is 68.9 Å². The number of phenols is 1. The van der Waals surface area contributed by atoms with E-state index in [1.165, 1.54) is 35.9 Å². The van der Waals surface area contributed by atoms with Crippen LogP contribution in [0.15, 0.2) is 70.6 Å². The van der Waals surface area contributed by atoms with Crippen LogP contribution in [-0.2, 0) is 15.3 Å². The molecule has 0 spiro atoms. The highest BCUT2D eigenvalue weighted by molar-refractivity contribution is 8.00. The molecule has 40 heavy (non-hydrogen) atoms. The fourth-order valence-corrected chi connectivity index (χ4v) is 6.64. The number of thioether (sulfide) groups is 1. The van der Waals surface area contributed by atoms with Crippen LogP contribution in [-0.4, -0.2) is 39.2 Å². The van der Waals surface area contributed by atoms with Crippen LogP contribution in [0.4, 0.5) is 5.13 Å². The molecule has 1 aliphatic heterocycles. The van der Waals surface area contributed by atoms with Gasteiger partial charge in [0.15, 0.2) is 15.8 Å². The molecule has 0 bridgehead atoms. The van der Waals surface area contributed by atoms with E-state index in [-0.39, 0.29) is 28.0 Å². The average molecular weight is 615 g/mol. The van der Waals surface area contributed by atoms with Gasteiger partial charge in [-0.1, -0.05) is 88.3 Å². The molecule has 3 aromatic carbocycles. The molecule has 1 aromatic heterocycles. The number of rotatable bonds is 7. The minimum Gasteiger partial charge on any atom is -0.507 e. The summed E-state index contributed by atoms with van der Waals surface area (Å²) in [7, 11) is 1.39. The van der Waals surface area contributed by atoms with Crippen molar-refractivity contribution in [2.45, 2.75) is 23.1 Å². The van der Waals surface area contributed by atoms with Crippen molar-refractivity contribution in [2.75, 3.05) is 12.0 Å². The Morgan fingerprint density at radius 2 is 1.82 bits per heavy atom. The molecule has 2 heterocycles. The second-order valence-corrected chi connectivity index (χ2v) is 11.9. The van der Waals surface area contributed by atoms with Crippen molar-refractivity contribution in [2.24, 2.45) is 0 Å². The number of nitrogens with zero attached hydrogens (tertiary/aromatic N) is 3. The van der Waals surface area contributed by atoms with E-state index in [0.717, 1.165) is 22.5 Å². The number of amides is 1. The Hall–Kier alpha value is -3.57. The second-order valence-electron chi connectivity index (χ2n) is 8.84. The molecule has 1 fully saturated rings. The molecule has 1 atom stereocenters. The van der Waals surface area contributed by atoms with Gasteiger partial charge >= 0.3 is 5.91 Å². The number of ketones is 1. The number of ether oxygens (including phenoxy) is 1.